The Morgan fingerprint density at radius 2 is 2.08 bits per heavy atom. The number of likely N-dealkylation sites (tertiary alicyclic amines) is 1. The summed E-state index contributed by atoms with van der Waals surface area (Å²) in [5.41, 5.74) is 2.04. The van der Waals surface area contributed by atoms with Crippen molar-refractivity contribution in [3.05, 3.63) is 17.5 Å². The molecule has 2 heterocycles. The van der Waals surface area contributed by atoms with Crippen molar-refractivity contribution in [1.82, 2.24) is 25.3 Å². The van der Waals surface area contributed by atoms with Crippen molar-refractivity contribution in [2.75, 3.05) is 26.2 Å². The molecule has 1 aliphatic heterocycles. The highest BCUT2D eigenvalue weighted by Gasteiger charge is 2.30. The molecule has 0 unspecified atom stereocenters. The van der Waals surface area contributed by atoms with E-state index in [4.69, 9.17) is 0 Å². The number of nitrogens with one attached hydrogen (secondary N) is 2. The summed E-state index contributed by atoms with van der Waals surface area (Å²) in [7, 11) is 0. The Morgan fingerprint density at radius 3 is 2.76 bits per heavy atom. The van der Waals surface area contributed by atoms with Crippen molar-refractivity contribution < 1.29 is 9.59 Å². The molecule has 138 valence electrons. The summed E-state index contributed by atoms with van der Waals surface area (Å²) in [5.74, 6) is 0.702. The van der Waals surface area contributed by atoms with E-state index in [0.717, 1.165) is 37.3 Å². The van der Waals surface area contributed by atoms with Crippen molar-refractivity contribution in [1.29, 1.82) is 0 Å². The highest BCUT2D eigenvalue weighted by molar-refractivity contribution is 5.81. The number of hydrogen-bond donors (Lipinski definition) is 2. The van der Waals surface area contributed by atoms with Gasteiger partial charge in [-0.2, -0.15) is 5.10 Å². The Labute approximate surface area is 149 Å². The maximum Gasteiger partial charge on any atom is 0.317 e. The first-order valence-corrected chi connectivity index (χ1v) is 9.48. The first-order chi connectivity index (χ1) is 12.1. The lowest BCUT2D eigenvalue weighted by molar-refractivity contribution is -0.136. The standard InChI is InChI=1S/C18H29N5O2/c1-3-22(4-2)17(24)14-6-5-9-23(12-14)18(25)19-11-15-10-16(21-20-15)13-7-8-13/h10,13-14H,3-9,11-12H2,1-2H3,(H,19,25)(H,20,21)/t14-/m0/s1. The van der Waals surface area contributed by atoms with Crippen LogP contribution in [0.5, 0.6) is 0 Å². The van der Waals surface area contributed by atoms with E-state index in [1.807, 2.05) is 24.8 Å². The van der Waals surface area contributed by atoms with Gasteiger partial charge in [-0.05, 0) is 45.6 Å². The first-order valence-electron chi connectivity index (χ1n) is 9.48. The van der Waals surface area contributed by atoms with Crippen LogP contribution in [0.2, 0.25) is 0 Å². The maximum atomic E-state index is 12.5. The molecule has 1 saturated carbocycles. The van der Waals surface area contributed by atoms with E-state index in [1.54, 1.807) is 4.90 Å². The molecule has 0 bridgehead atoms. The molecule has 1 saturated heterocycles. The molecule has 3 rings (SSSR count). The van der Waals surface area contributed by atoms with E-state index in [1.165, 1.54) is 12.8 Å². The Kier molecular flexibility index (Phi) is 5.60. The van der Waals surface area contributed by atoms with Crippen molar-refractivity contribution in [3.63, 3.8) is 0 Å². The molecule has 7 heteroatoms. The molecule has 3 amide bonds. The molecule has 0 radical (unpaired) electrons. The van der Waals surface area contributed by atoms with Gasteiger partial charge in [0, 0.05) is 32.1 Å². The third-order valence-corrected chi connectivity index (χ3v) is 5.21. The second kappa shape index (κ2) is 7.89. The molecule has 25 heavy (non-hydrogen) atoms. The molecule has 1 aromatic heterocycles. The van der Waals surface area contributed by atoms with Crippen LogP contribution in [0.25, 0.3) is 0 Å². The molecular formula is C18H29N5O2. The molecular weight excluding hydrogens is 318 g/mol. The van der Waals surface area contributed by atoms with Crippen molar-refractivity contribution in [2.45, 2.75) is 52.0 Å². The quantitative estimate of drug-likeness (QED) is 0.827. The normalized spacial score (nSPS) is 20.4. The summed E-state index contributed by atoms with van der Waals surface area (Å²) in [6.07, 6.45) is 4.17. The number of rotatable bonds is 6. The van der Waals surface area contributed by atoms with E-state index < -0.39 is 0 Å². The Morgan fingerprint density at radius 1 is 1.32 bits per heavy atom. The van der Waals surface area contributed by atoms with Gasteiger partial charge in [0.2, 0.25) is 5.91 Å². The van der Waals surface area contributed by atoms with Gasteiger partial charge in [-0.15, -0.1) is 0 Å². The number of hydrogen-bond acceptors (Lipinski definition) is 3. The number of piperidine rings is 1. The molecule has 0 spiro atoms. The fourth-order valence-electron chi connectivity index (χ4n) is 3.50. The predicted molar refractivity (Wildman–Crippen MR) is 95.0 cm³/mol. The zero-order valence-electron chi connectivity index (χ0n) is 15.3. The average molecular weight is 347 g/mol. The number of nitrogens with zero attached hydrogens (tertiary/aromatic N) is 3. The lowest BCUT2D eigenvalue weighted by Gasteiger charge is -2.34. The average Bonchev–Trinajstić information content (AvgIpc) is 3.39. The number of aromatic nitrogens is 2. The Balaban J connectivity index is 1.49. The van der Waals surface area contributed by atoms with Crippen LogP contribution in [0.1, 0.15) is 56.8 Å². The fourth-order valence-corrected chi connectivity index (χ4v) is 3.50. The van der Waals surface area contributed by atoms with Crippen LogP contribution < -0.4 is 5.32 Å². The maximum absolute atomic E-state index is 12.5. The van der Waals surface area contributed by atoms with Crippen molar-refractivity contribution >= 4 is 11.9 Å². The zero-order valence-corrected chi connectivity index (χ0v) is 15.3. The molecule has 1 atom stereocenters. The minimum atomic E-state index is -0.0976. The van der Waals surface area contributed by atoms with Crippen LogP contribution in [0.4, 0.5) is 4.79 Å². The van der Waals surface area contributed by atoms with Crippen LogP contribution in [0, 0.1) is 5.92 Å². The summed E-state index contributed by atoms with van der Waals surface area (Å²) in [6.45, 7) is 7.11. The van der Waals surface area contributed by atoms with Gasteiger partial charge in [-0.3, -0.25) is 9.89 Å². The minimum Gasteiger partial charge on any atom is -0.343 e. The van der Waals surface area contributed by atoms with Gasteiger partial charge in [0.05, 0.1) is 23.9 Å². The highest BCUT2D eigenvalue weighted by Crippen LogP contribution is 2.38. The number of urea groups is 1. The van der Waals surface area contributed by atoms with E-state index in [9.17, 15) is 9.59 Å². The first kappa shape index (κ1) is 17.8. The second-order valence-corrected chi connectivity index (χ2v) is 7.05. The Hall–Kier alpha value is -2.05. The topological polar surface area (TPSA) is 81.3 Å². The van der Waals surface area contributed by atoms with E-state index >= 15 is 0 Å². The van der Waals surface area contributed by atoms with Crippen LogP contribution >= 0.6 is 0 Å². The fraction of sp³-hybridized carbons (Fsp3) is 0.722. The van der Waals surface area contributed by atoms with Gasteiger partial charge >= 0.3 is 6.03 Å². The third kappa shape index (κ3) is 4.32. The van der Waals surface area contributed by atoms with Gasteiger partial charge in [0.15, 0.2) is 0 Å². The van der Waals surface area contributed by atoms with Crippen LogP contribution in [0.15, 0.2) is 6.07 Å². The molecule has 2 N–H and O–H groups in total. The summed E-state index contributed by atoms with van der Waals surface area (Å²) >= 11 is 0. The van der Waals surface area contributed by atoms with Crippen LogP contribution in [-0.2, 0) is 11.3 Å². The van der Waals surface area contributed by atoms with E-state index in [2.05, 4.69) is 15.5 Å². The number of carbonyl (C=O) groups is 2. The lowest BCUT2D eigenvalue weighted by atomic mass is 9.96. The number of H-pyrrole nitrogens is 1. The van der Waals surface area contributed by atoms with Crippen LogP contribution in [0.3, 0.4) is 0 Å². The number of aromatic amines is 1. The molecule has 1 aliphatic carbocycles. The molecule has 0 aromatic carbocycles. The monoisotopic (exact) mass is 347 g/mol. The number of amides is 3. The lowest BCUT2D eigenvalue weighted by Crippen LogP contribution is -2.49. The van der Waals surface area contributed by atoms with Gasteiger partial charge in [-0.1, -0.05) is 0 Å². The smallest absolute Gasteiger partial charge is 0.317 e. The third-order valence-electron chi connectivity index (χ3n) is 5.21. The SMILES string of the molecule is CCN(CC)C(=O)[C@H]1CCCN(C(=O)NCc2cc(C3CC3)n[nH]2)C1. The summed E-state index contributed by atoms with van der Waals surface area (Å²) in [4.78, 5) is 28.6. The van der Waals surface area contributed by atoms with Crippen molar-refractivity contribution in [3.8, 4) is 0 Å². The zero-order chi connectivity index (χ0) is 17.8. The van der Waals surface area contributed by atoms with E-state index in [0.29, 0.717) is 25.6 Å². The van der Waals surface area contributed by atoms with Crippen LogP contribution in [-0.4, -0.2) is 58.1 Å². The van der Waals surface area contributed by atoms with Gasteiger partial charge < -0.3 is 15.1 Å². The Bertz CT molecular complexity index is 606. The summed E-state index contributed by atoms with van der Waals surface area (Å²) < 4.78 is 0. The predicted octanol–water partition coefficient (Wildman–Crippen LogP) is 2.08. The largest absolute Gasteiger partial charge is 0.343 e. The van der Waals surface area contributed by atoms with Gasteiger partial charge in [0.1, 0.15) is 0 Å². The van der Waals surface area contributed by atoms with Gasteiger partial charge in [-0.25, -0.2) is 4.79 Å². The number of carbonyl (C=O) groups excluding carboxylic acids is 2. The van der Waals surface area contributed by atoms with Gasteiger partial charge in [0.25, 0.3) is 0 Å². The molecule has 7 nitrogen and oxygen atoms in total. The summed E-state index contributed by atoms with van der Waals surface area (Å²) in [5, 5.41) is 10.2. The molecule has 2 fully saturated rings. The molecule has 2 aliphatic rings. The minimum absolute atomic E-state index is 0.0759. The summed E-state index contributed by atoms with van der Waals surface area (Å²) in [6, 6.07) is 1.94. The second-order valence-electron chi connectivity index (χ2n) is 7.05. The highest BCUT2D eigenvalue weighted by atomic mass is 16.2. The van der Waals surface area contributed by atoms with E-state index in [-0.39, 0.29) is 17.9 Å². The molecule has 1 aromatic rings. The van der Waals surface area contributed by atoms with Crippen molar-refractivity contribution in [2.24, 2.45) is 5.92 Å².